The molecule has 0 radical (unpaired) electrons. The second kappa shape index (κ2) is 3.44. The van der Waals surface area contributed by atoms with E-state index in [2.05, 4.69) is 0 Å². The Balaban J connectivity index is 3.15. The predicted octanol–water partition coefficient (Wildman–Crippen LogP) is 1.30. The Kier molecular flexibility index (Phi) is 2.68. The molecule has 72 valence electrons. The van der Waals surface area contributed by atoms with Gasteiger partial charge in [-0.15, -0.1) is 0 Å². The molecule has 0 fully saturated rings. The van der Waals surface area contributed by atoms with Crippen LogP contribution in [0.2, 0.25) is 0 Å². The van der Waals surface area contributed by atoms with Gasteiger partial charge < -0.3 is 10.8 Å². The van der Waals surface area contributed by atoms with Crippen molar-refractivity contribution in [3.8, 4) is 0 Å². The Morgan fingerprint density at radius 2 is 2.08 bits per heavy atom. The van der Waals surface area contributed by atoms with E-state index in [0.717, 1.165) is 5.56 Å². The minimum atomic E-state index is -1.15. The van der Waals surface area contributed by atoms with Gasteiger partial charge in [0.25, 0.3) is 0 Å². The van der Waals surface area contributed by atoms with Gasteiger partial charge in [-0.05, 0) is 37.1 Å². The van der Waals surface area contributed by atoms with Gasteiger partial charge in [0.1, 0.15) is 5.82 Å². The smallest absolute Gasteiger partial charge is 0.123 e. The maximum atomic E-state index is 12.9. The summed E-state index contributed by atoms with van der Waals surface area (Å²) in [5, 5.41) is 9.75. The van der Waals surface area contributed by atoms with Crippen molar-refractivity contribution in [2.45, 2.75) is 19.4 Å². The zero-order valence-corrected chi connectivity index (χ0v) is 7.84. The molecule has 3 N–H and O–H groups in total. The minimum absolute atomic E-state index is 0.0793. The van der Waals surface area contributed by atoms with E-state index in [4.69, 9.17) is 5.73 Å². The van der Waals surface area contributed by atoms with Gasteiger partial charge in [0.2, 0.25) is 0 Å². The number of rotatable bonds is 2. The van der Waals surface area contributed by atoms with Gasteiger partial charge in [-0.1, -0.05) is 6.07 Å². The zero-order valence-electron chi connectivity index (χ0n) is 7.84. The van der Waals surface area contributed by atoms with Crippen LogP contribution in [0.4, 0.5) is 4.39 Å². The molecule has 1 rings (SSSR count). The highest BCUT2D eigenvalue weighted by molar-refractivity contribution is 5.28. The van der Waals surface area contributed by atoms with E-state index in [1.54, 1.807) is 19.9 Å². The Hall–Kier alpha value is -0.930. The van der Waals surface area contributed by atoms with Crippen LogP contribution < -0.4 is 5.73 Å². The number of aryl methyl sites for hydroxylation is 1. The van der Waals surface area contributed by atoms with Crippen LogP contribution in [0, 0.1) is 12.7 Å². The molecule has 13 heavy (non-hydrogen) atoms. The molecule has 0 heterocycles. The average Bonchev–Trinajstić information content (AvgIpc) is 2.02. The van der Waals surface area contributed by atoms with Crippen molar-refractivity contribution in [2.24, 2.45) is 5.73 Å². The highest BCUT2D eigenvalue weighted by atomic mass is 19.1. The van der Waals surface area contributed by atoms with Gasteiger partial charge >= 0.3 is 0 Å². The second-order valence-electron chi connectivity index (χ2n) is 3.50. The monoisotopic (exact) mass is 183 g/mol. The van der Waals surface area contributed by atoms with E-state index in [1.807, 2.05) is 0 Å². The Morgan fingerprint density at radius 3 is 2.54 bits per heavy atom. The number of halogens is 1. The van der Waals surface area contributed by atoms with Crippen molar-refractivity contribution < 1.29 is 9.50 Å². The highest BCUT2D eigenvalue weighted by Gasteiger charge is 2.21. The van der Waals surface area contributed by atoms with Crippen LogP contribution in [0.3, 0.4) is 0 Å². The van der Waals surface area contributed by atoms with Gasteiger partial charge in [-0.25, -0.2) is 4.39 Å². The lowest BCUT2D eigenvalue weighted by molar-refractivity contribution is 0.0664. The third kappa shape index (κ3) is 2.26. The Bertz CT molecular complexity index is 290. The molecule has 0 bridgehead atoms. The normalized spacial score (nSPS) is 15.5. The molecule has 1 aromatic carbocycles. The molecule has 1 unspecified atom stereocenters. The van der Waals surface area contributed by atoms with Crippen molar-refractivity contribution in [2.75, 3.05) is 6.54 Å². The molecule has 0 aliphatic rings. The summed E-state index contributed by atoms with van der Waals surface area (Å²) in [6, 6.07) is 4.45. The summed E-state index contributed by atoms with van der Waals surface area (Å²) in [5.74, 6) is -0.344. The van der Waals surface area contributed by atoms with E-state index in [9.17, 15) is 9.50 Å². The maximum absolute atomic E-state index is 12.9. The first-order chi connectivity index (χ1) is 5.95. The summed E-state index contributed by atoms with van der Waals surface area (Å²) in [6.45, 7) is 3.43. The Morgan fingerprint density at radius 1 is 1.46 bits per heavy atom. The third-order valence-corrected chi connectivity index (χ3v) is 2.06. The standard InChI is InChI=1S/C10H14FNO/c1-7-3-8(5-9(11)4-7)10(2,13)6-12/h3-5,13H,6,12H2,1-2H3. The molecule has 3 heteroatoms. The van der Waals surface area contributed by atoms with E-state index >= 15 is 0 Å². The number of aliphatic hydroxyl groups is 1. The molecule has 0 aliphatic heterocycles. The quantitative estimate of drug-likeness (QED) is 0.726. The minimum Gasteiger partial charge on any atom is -0.384 e. The fraction of sp³-hybridized carbons (Fsp3) is 0.400. The van der Waals surface area contributed by atoms with Crippen LogP contribution in [0.15, 0.2) is 18.2 Å². The third-order valence-electron chi connectivity index (χ3n) is 2.06. The lowest BCUT2D eigenvalue weighted by Crippen LogP contribution is -2.31. The lowest BCUT2D eigenvalue weighted by Gasteiger charge is -2.21. The summed E-state index contributed by atoms with van der Waals surface area (Å²) in [4.78, 5) is 0. The summed E-state index contributed by atoms with van der Waals surface area (Å²) < 4.78 is 12.9. The van der Waals surface area contributed by atoms with E-state index in [-0.39, 0.29) is 12.4 Å². The zero-order chi connectivity index (χ0) is 10.1. The molecule has 2 nitrogen and oxygen atoms in total. The molecule has 0 amide bonds. The largest absolute Gasteiger partial charge is 0.384 e. The molecule has 0 saturated carbocycles. The number of nitrogens with two attached hydrogens (primary N) is 1. The first kappa shape index (κ1) is 10.2. The number of benzene rings is 1. The van der Waals surface area contributed by atoms with Gasteiger partial charge in [0, 0.05) is 6.54 Å². The van der Waals surface area contributed by atoms with E-state index in [0.29, 0.717) is 5.56 Å². The summed E-state index contributed by atoms with van der Waals surface area (Å²) in [7, 11) is 0. The highest BCUT2D eigenvalue weighted by Crippen LogP contribution is 2.21. The van der Waals surface area contributed by atoms with Crippen LogP contribution in [-0.4, -0.2) is 11.7 Å². The first-order valence-electron chi connectivity index (χ1n) is 4.16. The number of hydrogen-bond acceptors (Lipinski definition) is 2. The SMILES string of the molecule is Cc1cc(F)cc(C(C)(O)CN)c1. The van der Waals surface area contributed by atoms with Gasteiger partial charge in [0.15, 0.2) is 0 Å². The van der Waals surface area contributed by atoms with E-state index in [1.165, 1.54) is 12.1 Å². The average molecular weight is 183 g/mol. The van der Waals surface area contributed by atoms with Crippen LogP contribution >= 0.6 is 0 Å². The summed E-state index contributed by atoms with van der Waals surface area (Å²) >= 11 is 0. The Labute approximate surface area is 77.2 Å². The molecule has 1 atom stereocenters. The first-order valence-corrected chi connectivity index (χ1v) is 4.16. The van der Waals surface area contributed by atoms with Crippen molar-refractivity contribution in [3.63, 3.8) is 0 Å². The predicted molar refractivity (Wildman–Crippen MR) is 49.8 cm³/mol. The number of hydrogen-bond donors (Lipinski definition) is 2. The molecule has 0 aromatic heterocycles. The van der Waals surface area contributed by atoms with Gasteiger partial charge in [-0.3, -0.25) is 0 Å². The lowest BCUT2D eigenvalue weighted by atomic mass is 9.95. The van der Waals surface area contributed by atoms with Gasteiger partial charge in [0.05, 0.1) is 5.60 Å². The molecule has 0 spiro atoms. The van der Waals surface area contributed by atoms with Crippen LogP contribution in [0.25, 0.3) is 0 Å². The maximum Gasteiger partial charge on any atom is 0.123 e. The van der Waals surface area contributed by atoms with Crippen LogP contribution in [-0.2, 0) is 5.60 Å². The van der Waals surface area contributed by atoms with Crippen molar-refractivity contribution in [3.05, 3.63) is 35.1 Å². The fourth-order valence-corrected chi connectivity index (χ4v) is 1.17. The van der Waals surface area contributed by atoms with Gasteiger partial charge in [-0.2, -0.15) is 0 Å². The van der Waals surface area contributed by atoms with Crippen molar-refractivity contribution in [1.29, 1.82) is 0 Å². The van der Waals surface area contributed by atoms with Crippen LogP contribution in [0.5, 0.6) is 0 Å². The summed E-state index contributed by atoms with van der Waals surface area (Å²) in [5.41, 5.74) is 5.52. The van der Waals surface area contributed by atoms with E-state index < -0.39 is 5.60 Å². The molecular formula is C10H14FNO. The fourth-order valence-electron chi connectivity index (χ4n) is 1.17. The molecule has 0 saturated heterocycles. The molecule has 0 aliphatic carbocycles. The topological polar surface area (TPSA) is 46.2 Å². The van der Waals surface area contributed by atoms with Crippen molar-refractivity contribution >= 4 is 0 Å². The summed E-state index contributed by atoms with van der Waals surface area (Å²) in [6.07, 6.45) is 0. The second-order valence-corrected chi connectivity index (χ2v) is 3.50. The molecular weight excluding hydrogens is 169 g/mol. The van der Waals surface area contributed by atoms with Crippen molar-refractivity contribution in [1.82, 2.24) is 0 Å². The molecule has 1 aromatic rings. The van der Waals surface area contributed by atoms with Crippen LogP contribution in [0.1, 0.15) is 18.1 Å².